The molecule has 0 saturated heterocycles. The van der Waals surface area contributed by atoms with Crippen molar-refractivity contribution in [1.82, 2.24) is 9.55 Å². The summed E-state index contributed by atoms with van der Waals surface area (Å²) in [7, 11) is 1.78. The fourth-order valence-corrected chi connectivity index (χ4v) is 2.98. The number of imidazole rings is 1. The summed E-state index contributed by atoms with van der Waals surface area (Å²) in [4.78, 5) is 16.9. The van der Waals surface area contributed by atoms with E-state index in [1.54, 1.807) is 23.7 Å². The number of para-hydroxylation sites is 2. The predicted octanol–water partition coefficient (Wildman–Crippen LogP) is 4.14. The molecule has 0 aliphatic carbocycles. The molecule has 1 atom stereocenters. The van der Waals surface area contributed by atoms with Gasteiger partial charge in [-0.1, -0.05) is 35.3 Å². The first-order chi connectivity index (χ1) is 12.0. The minimum atomic E-state index is -1.02. The van der Waals surface area contributed by atoms with Crippen LogP contribution >= 0.6 is 23.2 Å². The molecule has 0 bridgehead atoms. The Balaban J connectivity index is 1.81. The van der Waals surface area contributed by atoms with Crippen molar-refractivity contribution in [2.75, 3.05) is 6.61 Å². The van der Waals surface area contributed by atoms with Crippen LogP contribution in [0.4, 0.5) is 0 Å². The third-order valence-electron chi connectivity index (χ3n) is 3.79. The van der Waals surface area contributed by atoms with Crippen molar-refractivity contribution in [3.63, 3.8) is 0 Å². The number of rotatable bonds is 5. The molecule has 0 amide bonds. The van der Waals surface area contributed by atoms with Crippen LogP contribution in [0.5, 0.6) is 5.75 Å². The molecule has 3 aromatic rings. The molecule has 5 nitrogen and oxygen atoms in total. The number of aromatic nitrogens is 2. The molecular weight excluding hydrogens is 361 g/mol. The Labute approximate surface area is 154 Å². The Kier molecular flexibility index (Phi) is 4.93. The number of benzene rings is 2. The van der Waals surface area contributed by atoms with Gasteiger partial charge < -0.3 is 9.30 Å². The highest BCUT2D eigenvalue weighted by Crippen LogP contribution is 2.28. The maximum absolute atomic E-state index is 12.5. The average molecular weight is 374 g/mol. The summed E-state index contributed by atoms with van der Waals surface area (Å²) < 4.78 is 7.19. The summed E-state index contributed by atoms with van der Waals surface area (Å²) in [6.45, 7) is -0.289. The molecule has 0 aliphatic heterocycles. The van der Waals surface area contributed by atoms with Crippen LogP contribution < -0.4 is 4.74 Å². The Morgan fingerprint density at radius 2 is 2.08 bits per heavy atom. The lowest BCUT2D eigenvalue weighted by atomic mass is 10.1. The summed E-state index contributed by atoms with van der Waals surface area (Å²) >= 11 is 11.8. The fourth-order valence-electron chi connectivity index (χ4n) is 2.52. The van der Waals surface area contributed by atoms with E-state index in [0.29, 0.717) is 21.6 Å². The molecule has 3 rings (SSSR count). The highest BCUT2D eigenvalue weighted by atomic mass is 35.5. The fraction of sp³-hybridized carbons (Fsp3) is 0.167. The number of ether oxygens (including phenoxy) is 1. The van der Waals surface area contributed by atoms with Crippen molar-refractivity contribution in [3.8, 4) is 11.8 Å². The third kappa shape index (κ3) is 3.46. The SMILES string of the molecule is Cn1c([C@H](C#N)C(=O)COc2ccc(Cl)cc2Cl)nc2ccccc21. The van der Waals surface area contributed by atoms with E-state index in [0.717, 1.165) is 11.0 Å². The van der Waals surface area contributed by atoms with E-state index in [1.807, 2.05) is 30.3 Å². The van der Waals surface area contributed by atoms with E-state index in [9.17, 15) is 10.1 Å². The van der Waals surface area contributed by atoms with E-state index < -0.39 is 11.7 Å². The van der Waals surface area contributed by atoms with Gasteiger partial charge in [0.05, 0.1) is 22.1 Å². The maximum atomic E-state index is 12.5. The first kappa shape index (κ1) is 17.3. The normalized spacial score (nSPS) is 11.9. The van der Waals surface area contributed by atoms with Gasteiger partial charge in [0.15, 0.2) is 11.7 Å². The van der Waals surface area contributed by atoms with Crippen LogP contribution in [0.15, 0.2) is 42.5 Å². The van der Waals surface area contributed by atoms with E-state index in [2.05, 4.69) is 4.98 Å². The van der Waals surface area contributed by atoms with Crippen molar-refractivity contribution >= 4 is 40.0 Å². The number of hydrogen-bond donors (Lipinski definition) is 0. The molecule has 0 N–H and O–H groups in total. The topological polar surface area (TPSA) is 67.9 Å². The third-order valence-corrected chi connectivity index (χ3v) is 4.33. The van der Waals surface area contributed by atoms with E-state index >= 15 is 0 Å². The largest absolute Gasteiger partial charge is 0.484 e. The molecule has 0 saturated carbocycles. The number of fused-ring (bicyclic) bond motifs is 1. The zero-order valence-electron chi connectivity index (χ0n) is 13.2. The van der Waals surface area contributed by atoms with E-state index in [4.69, 9.17) is 27.9 Å². The Morgan fingerprint density at radius 3 is 2.76 bits per heavy atom. The number of halogens is 2. The van der Waals surface area contributed by atoms with Crippen molar-refractivity contribution in [2.24, 2.45) is 7.05 Å². The van der Waals surface area contributed by atoms with E-state index in [-0.39, 0.29) is 6.61 Å². The van der Waals surface area contributed by atoms with Gasteiger partial charge in [0, 0.05) is 12.1 Å². The molecule has 7 heteroatoms. The van der Waals surface area contributed by atoms with Gasteiger partial charge in [-0.15, -0.1) is 0 Å². The van der Waals surface area contributed by atoms with Gasteiger partial charge in [-0.05, 0) is 30.3 Å². The van der Waals surface area contributed by atoms with Gasteiger partial charge >= 0.3 is 0 Å². The molecule has 25 heavy (non-hydrogen) atoms. The van der Waals surface area contributed by atoms with Crippen molar-refractivity contribution in [3.05, 3.63) is 58.3 Å². The highest BCUT2D eigenvalue weighted by Gasteiger charge is 2.26. The Morgan fingerprint density at radius 1 is 1.32 bits per heavy atom. The Hall–Kier alpha value is -2.55. The molecule has 1 heterocycles. The van der Waals surface area contributed by atoms with Crippen LogP contribution in [0.2, 0.25) is 10.0 Å². The van der Waals surface area contributed by atoms with E-state index in [1.165, 1.54) is 6.07 Å². The number of carbonyl (C=O) groups excluding carboxylic acids is 1. The number of nitrogens with zero attached hydrogens (tertiary/aromatic N) is 3. The molecule has 0 fully saturated rings. The van der Waals surface area contributed by atoms with Crippen LogP contribution in [0.25, 0.3) is 11.0 Å². The zero-order chi connectivity index (χ0) is 18.0. The second-order valence-corrected chi connectivity index (χ2v) is 6.25. The van der Waals surface area contributed by atoms with Crippen LogP contribution in [-0.4, -0.2) is 21.9 Å². The highest BCUT2D eigenvalue weighted by molar-refractivity contribution is 6.35. The lowest BCUT2D eigenvalue weighted by Gasteiger charge is -2.11. The van der Waals surface area contributed by atoms with Gasteiger partial charge in [0.1, 0.15) is 18.2 Å². The van der Waals surface area contributed by atoms with Crippen molar-refractivity contribution < 1.29 is 9.53 Å². The number of carbonyl (C=O) groups is 1. The molecule has 0 spiro atoms. The minimum Gasteiger partial charge on any atom is -0.484 e. The first-order valence-corrected chi connectivity index (χ1v) is 8.18. The van der Waals surface area contributed by atoms with Crippen LogP contribution in [0.3, 0.4) is 0 Å². The lowest BCUT2D eigenvalue weighted by molar-refractivity contribution is -0.121. The quantitative estimate of drug-likeness (QED) is 0.673. The van der Waals surface area contributed by atoms with Gasteiger partial charge in [0.2, 0.25) is 0 Å². The summed E-state index contributed by atoms with van der Waals surface area (Å²) in [6.07, 6.45) is 0. The van der Waals surface area contributed by atoms with Gasteiger partial charge in [0.25, 0.3) is 0 Å². The lowest BCUT2D eigenvalue weighted by Crippen LogP contribution is -2.21. The van der Waals surface area contributed by atoms with Gasteiger partial charge in [-0.3, -0.25) is 4.79 Å². The van der Waals surface area contributed by atoms with Crippen molar-refractivity contribution in [2.45, 2.75) is 5.92 Å². The van der Waals surface area contributed by atoms with Crippen LogP contribution in [0.1, 0.15) is 11.7 Å². The van der Waals surface area contributed by atoms with Crippen molar-refractivity contribution in [1.29, 1.82) is 5.26 Å². The summed E-state index contributed by atoms with van der Waals surface area (Å²) in [5, 5.41) is 10.2. The van der Waals surface area contributed by atoms with Crippen LogP contribution in [-0.2, 0) is 11.8 Å². The average Bonchev–Trinajstić information content (AvgIpc) is 2.92. The zero-order valence-corrected chi connectivity index (χ0v) is 14.8. The summed E-state index contributed by atoms with van der Waals surface area (Å²) in [5.41, 5.74) is 1.59. The van der Waals surface area contributed by atoms with Crippen LogP contribution in [0, 0.1) is 11.3 Å². The number of ketones is 1. The predicted molar refractivity (Wildman–Crippen MR) is 96.0 cm³/mol. The van der Waals surface area contributed by atoms with Gasteiger partial charge in [-0.2, -0.15) is 5.26 Å². The standard InChI is InChI=1S/C18H13Cl2N3O2/c1-23-15-5-3-2-4-14(15)22-18(23)12(9-21)16(24)10-25-17-7-6-11(19)8-13(17)20/h2-8,12H,10H2,1H3/t12-/m1/s1. The summed E-state index contributed by atoms with van der Waals surface area (Å²) in [5.74, 6) is -0.698. The Bertz CT molecular complexity index is 992. The molecule has 1 aromatic heterocycles. The minimum absolute atomic E-state index is 0.289. The number of aryl methyl sites for hydroxylation is 1. The molecule has 0 aliphatic rings. The molecule has 126 valence electrons. The second-order valence-electron chi connectivity index (χ2n) is 5.41. The maximum Gasteiger partial charge on any atom is 0.194 e. The molecule has 0 radical (unpaired) electrons. The molecular formula is C18H13Cl2N3O2. The van der Waals surface area contributed by atoms with Gasteiger partial charge in [-0.25, -0.2) is 4.98 Å². The second kappa shape index (κ2) is 7.14. The first-order valence-electron chi connectivity index (χ1n) is 7.43. The summed E-state index contributed by atoms with van der Waals surface area (Å²) in [6, 6.07) is 14.2. The molecule has 2 aromatic carbocycles. The number of nitriles is 1. The monoisotopic (exact) mass is 373 g/mol. The number of Topliss-reactive ketones (excluding diaryl/α,β-unsaturated/α-hetero) is 1. The molecule has 0 unspecified atom stereocenters. The smallest absolute Gasteiger partial charge is 0.194 e. The number of hydrogen-bond acceptors (Lipinski definition) is 4.